The standard InChI is InChI=1S/C134H90N4O2/c1-2-30-89(31-3-1)105-40-4-5-43-110(105)113-46-10-18-58-126(113)136(102-75-68-88(69-76-102)92-33-25-35-96(81-92)107-42-9-17-57-125(107)138-129-61-21-13-49-116(129)117-50-14-22-62-130(117)138)104-39-27-37-98(83-104)109-53-29-55-121-119-79-72-94(86-132(119)140-134(109)121)93-64-65-99-85-122(111-44-6-7-45-112(111)123(99)84-93)90-70-77-101(78-71-90)135(103-38-26-36-97(82-103)108-52-28-54-120-118-51-15-23-63-131(118)139-133(108)120)100-73-66-87(67-74-100)91-32-24-34-95(80-91)106-41-8-16-56-124(106)137-127-59-19-11-47-114(127)115-48-12-20-60-128(115)137/h1-77,79-86,101,116,129H,78H2. The summed E-state index contributed by atoms with van der Waals surface area (Å²) < 4.78 is 16.4. The van der Waals surface area contributed by atoms with Crippen molar-refractivity contribution in [3.63, 3.8) is 0 Å². The SMILES string of the molecule is C1=CC2c3ccccc3N(c3ccccc3-c3cccc(-c4ccc(N(c5cccc(-c6cccc7c6oc6cc(-c8ccc9cc(C%10=CCC(N(c%11ccc(-c%12cccc(-c%13ccccc%13-n%13c%14ccccc%14c%14ccccc%14%13)c%12)cc%11)c%11cccc(-c%12cccc%13c%12oc%12ccccc%12%13)c%11)C=C%10)c%10ccccc%10c9c8)ccc67)c5)c5ccccc5-c5ccccc5-c5ccccc5)cc4)c3)C2C=C1. The fraction of sp³-hybridized carbons (Fsp3) is 0.0299. The molecule has 0 spiro atoms. The molecule has 3 aliphatic rings. The monoisotopic (exact) mass is 1790 g/mol. The number of hydrogen-bond donors (Lipinski definition) is 0. The van der Waals surface area contributed by atoms with Crippen molar-refractivity contribution in [1.82, 2.24) is 4.57 Å². The average Bonchev–Trinajstić information content (AvgIpc) is 1.61. The molecule has 140 heavy (non-hydrogen) atoms. The molecule has 27 rings (SSSR count). The molecule has 21 aromatic carbocycles. The molecule has 0 saturated heterocycles. The molecular weight excluding hydrogens is 1700 g/mol. The largest absolute Gasteiger partial charge is 0.455 e. The summed E-state index contributed by atoms with van der Waals surface area (Å²) in [7, 11) is 0. The fourth-order valence-electron chi connectivity index (χ4n) is 22.7. The maximum Gasteiger partial charge on any atom is 0.143 e. The Kier molecular flexibility index (Phi) is 19.8. The summed E-state index contributed by atoms with van der Waals surface area (Å²) in [6, 6.07) is 174. The van der Waals surface area contributed by atoms with Gasteiger partial charge in [-0.15, -0.1) is 0 Å². The highest BCUT2D eigenvalue weighted by Crippen LogP contribution is 2.53. The van der Waals surface area contributed by atoms with Gasteiger partial charge in [0.2, 0.25) is 0 Å². The van der Waals surface area contributed by atoms with E-state index in [2.05, 4.69) is 529 Å². The summed E-state index contributed by atoms with van der Waals surface area (Å²) in [6.07, 6.45) is 17.1. The van der Waals surface area contributed by atoms with E-state index in [9.17, 15) is 0 Å². The van der Waals surface area contributed by atoms with E-state index < -0.39 is 0 Å². The number of hydrogen-bond acceptors (Lipinski definition) is 5. The first-order chi connectivity index (χ1) is 69.4. The van der Waals surface area contributed by atoms with Crippen LogP contribution < -0.4 is 14.7 Å². The van der Waals surface area contributed by atoms with E-state index in [0.717, 1.165) is 162 Å². The van der Waals surface area contributed by atoms with Crippen LogP contribution in [0.1, 0.15) is 23.5 Å². The molecule has 0 fully saturated rings. The molecule has 3 unspecified atom stereocenters. The number of nitrogens with zero attached hydrogens (tertiary/aromatic N) is 4. The number of allylic oxidation sites excluding steroid dienone is 4. The van der Waals surface area contributed by atoms with E-state index >= 15 is 0 Å². The first-order valence-electron chi connectivity index (χ1n) is 48.5. The van der Waals surface area contributed by atoms with Gasteiger partial charge in [-0.1, -0.05) is 388 Å². The molecule has 6 heteroatoms. The Labute approximate surface area is 812 Å². The van der Waals surface area contributed by atoms with Gasteiger partial charge in [-0.2, -0.15) is 0 Å². The van der Waals surface area contributed by atoms with Gasteiger partial charge in [-0.3, -0.25) is 0 Å². The molecule has 0 saturated carbocycles. The molecule has 0 radical (unpaired) electrons. The van der Waals surface area contributed by atoms with Crippen LogP contribution in [-0.2, 0) is 0 Å². The van der Waals surface area contributed by atoms with Gasteiger partial charge in [0, 0.05) is 100 Å². The minimum atomic E-state index is -0.0247. The summed E-state index contributed by atoms with van der Waals surface area (Å²) in [5.41, 5.74) is 38.8. The van der Waals surface area contributed by atoms with Crippen molar-refractivity contribution in [2.24, 2.45) is 0 Å². The first-order valence-corrected chi connectivity index (χ1v) is 48.5. The molecule has 1 aliphatic heterocycles. The Balaban J connectivity index is 0.501. The van der Waals surface area contributed by atoms with Gasteiger partial charge in [0.05, 0.1) is 34.5 Å². The van der Waals surface area contributed by atoms with Crippen LogP contribution in [0.4, 0.5) is 39.8 Å². The van der Waals surface area contributed by atoms with E-state index in [1.54, 1.807) is 0 Å². The van der Waals surface area contributed by atoms with Crippen LogP contribution in [-0.4, -0.2) is 16.7 Å². The van der Waals surface area contributed by atoms with Crippen molar-refractivity contribution < 1.29 is 8.83 Å². The summed E-state index contributed by atoms with van der Waals surface area (Å²) in [5.74, 6) is 0.290. The van der Waals surface area contributed by atoms with Crippen LogP contribution in [0, 0.1) is 0 Å². The third-order valence-electron chi connectivity index (χ3n) is 29.2. The highest BCUT2D eigenvalue weighted by molar-refractivity contribution is 6.16. The molecule has 658 valence electrons. The van der Waals surface area contributed by atoms with Gasteiger partial charge < -0.3 is 28.1 Å². The van der Waals surface area contributed by atoms with Crippen molar-refractivity contribution in [3.8, 4) is 106 Å². The van der Waals surface area contributed by atoms with Gasteiger partial charge in [0.15, 0.2) is 0 Å². The first kappa shape index (κ1) is 81.5. The number of para-hydroxylation sites is 9. The van der Waals surface area contributed by atoms with E-state index in [-0.39, 0.29) is 12.1 Å². The number of anilines is 7. The maximum absolute atomic E-state index is 7.25. The Hall–Kier alpha value is -18.1. The highest BCUT2D eigenvalue weighted by atomic mass is 16.3. The summed E-state index contributed by atoms with van der Waals surface area (Å²) in [6.45, 7) is 0. The Morgan fingerprint density at radius 2 is 0.729 bits per heavy atom. The lowest BCUT2D eigenvalue weighted by Gasteiger charge is -2.34. The fourth-order valence-corrected chi connectivity index (χ4v) is 22.7. The third-order valence-corrected chi connectivity index (χ3v) is 29.2. The van der Waals surface area contributed by atoms with E-state index in [1.807, 2.05) is 6.07 Å². The molecule has 3 atom stereocenters. The molecule has 24 aromatic rings. The second-order valence-corrected chi connectivity index (χ2v) is 37.1. The quantitative estimate of drug-likeness (QED) is 0.0801. The molecule has 0 amide bonds. The molecule has 6 nitrogen and oxygen atoms in total. The van der Waals surface area contributed by atoms with Crippen LogP contribution in [0.2, 0.25) is 0 Å². The predicted octanol–water partition coefficient (Wildman–Crippen LogP) is 36.6. The lowest BCUT2D eigenvalue weighted by Crippen LogP contribution is -2.30. The molecule has 4 heterocycles. The number of rotatable bonds is 18. The topological polar surface area (TPSA) is 40.9 Å². The summed E-state index contributed by atoms with van der Waals surface area (Å²) >= 11 is 0. The second-order valence-electron chi connectivity index (χ2n) is 37.1. The van der Waals surface area contributed by atoms with E-state index in [1.165, 1.54) is 93.7 Å². The minimum Gasteiger partial charge on any atom is -0.455 e. The van der Waals surface area contributed by atoms with Crippen LogP contribution in [0.5, 0.6) is 0 Å². The van der Waals surface area contributed by atoms with Gasteiger partial charge in [0.25, 0.3) is 0 Å². The van der Waals surface area contributed by atoms with Crippen molar-refractivity contribution >= 4 is 133 Å². The van der Waals surface area contributed by atoms with Gasteiger partial charge in [-0.05, 0) is 244 Å². The summed E-state index contributed by atoms with van der Waals surface area (Å²) in [4.78, 5) is 7.50. The van der Waals surface area contributed by atoms with E-state index in [0.29, 0.717) is 5.92 Å². The van der Waals surface area contributed by atoms with Gasteiger partial charge in [-0.25, -0.2) is 0 Å². The maximum atomic E-state index is 7.25. The lowest BCUT2D eigenvalue weighted by molar-refractivity contribution is 0.669. The Morgan fingerprint density at radius 3 is 1.43 bits per heavy atom. The molecule has 3 aromatic heterocycles. The van der Waals surface area contributed by atoms with E-state index in [4.69, 9.17) is 8.83 Å². The van der Waals surface area contributed by atoms with Crippen molar-refractivity contribution in [2.45, 2.75) is 24.4 Å². The number of aromatic nitrogens is 1. The van der Waals surface area contributed by atoms with Crippen molar-refractivity contribution in [1.29, 1.82) is 0 Å². The Bertz CT molecular complexity index is 9170. The molecule has 0 N–H and O–H groups in total. The number of benzene rings is 21. The van der Waals surface area contributed by atoms with Crippen molar-refractivity contribution in [3.05, 3.63) is 527 Å². The van der Waals surface area contributed by atoms with Crippen LogP contribution >= 0.6 is 0 Å². The van der Waals surface area contributed by atoms with Crippen LogP contribution in [0.15, 0.2) is 525 Å². The smallest absolute Gasteiger partial charge is 0.143 e. The highest BCUT2D eigenvalue weighted by Gasteiger charge is 2.38. The normalized spacial score (nSPS) is 14.4. The number of furan rings is 2. The zero-order valence-corrected chi connectivity index (χ0v) is 76.6. The minimum absolute atomic E-state index is 0.0247. The average molecular weight is 1790 g/mol. The summed E-state index contributed by atoms with van der Waals surface area (Å²) in [5, 5.41) is 11.7. The Morgan fingerprint density at radius 1 is 0.250 bits per heavy atom. The predicted molar refractivity (Wildman–Crippen MR) is 588 cm³/mol. The third kappa shape index (κ3) is 14.0. The van der Waals surface area contributed by atoms with Crippen LogP contribution in [0.3, 0.4) is 0 Å². The van der Waals surface area contributed by atoms with Crippen molar-refractivity contribution in [2.75, 3.05) is 14.7 Å². The van der Waals surface area contributed by atoms with Crippen LogP contribution in [0.25, 0.3) is 199 Å². The zero-order chi connectivity index (χ0) is 92.2. The molecular formula is C134H90N4O2. The molecule has 2 aliphatic carbocycles. The zero-order valence-electron chi connectivity index (χ0n) is 76.6. The second kappa shape index (κ2) is 34.1. The number of fused-ring (bicyclic) bond motifs is 15. The van der Waals surface area contributed by atoms with Gasteiger partial charge in [0.1, 0.15) is 22.3 Å². The van der Waals surface area contributed by atoms with Gasteiger partial charge >= 0.3 is 0 Å². The molecule has 0 bridgehead atoms. The lowest BCUT2D eigenvalue weighted by atomic mass is 9.88.